The second-order valence-electron chi connectivity index (χ2n) is 4.52. The van der Waals surface area contributed by atoms with Crippen molar-refractivity contribution in [2.75, 3.05) is 6.54 Å². The number of nitrogens with one attached hydrogen (secondary N) is 1. The van der Waals surface area contributed by atoms with Crippen molar-refractivity contribution in [1.29, 1.82) is 0 Å². The highest BCUT2D eigenvalue weighted by molar-refractivity contribution is 7.09. The van der Waals surface area contributed by atoms with Crippen molar-refractivity contribution in [3.8, 4) is 5.75 Å². The molecule has 0 radical (unpaired) electrons. The number of aromatic nitrogens is 1. The van der Waals surface area contributed by atoms with Crippen LogP contribution in [0.4, 0.5) is 0 Å². The van der Waals surface area contributed by atoms with E-state index in [1.54, 1.807) is 11.3 Å². The van der Waals surface area contributed by atoms with Crippen LogP contribution in [-0.2, 0) is 13.2 Å². The predicted octanol–water partition coefficient (Wildman–Crippen LogP) is 3.45. The van der Waals surface area contributed by atoms with Gasteiger partial charge in [0.2, 0.25) is 0 Å². The van der Waals surface area contributed by atoms with E-state index in [-0.39, 0.29) is 0 Å². The lowest BCUT2D eigenvalue weighted by Crippen LogP contribution is -2.12. The topological polar surface area (TPSA) is 34.1 Å². The van der Waals surface area contributed by atoms with Gasteiger partial charge in [0.05, 0.1) is 5.69 Å². The molecule has 2 aromatic rings. The molecule has 0 aliphatic rings. The second-order valence-corrected chi connectivity index (χ2v) is 5.47. The zero-order valence-electron chi connectivity index (χ0n) is 11.7. The molecule has 1 aromatic carbocycles. The Morgan fingerprint density at radius 1 is 1.26 bits per heavy atom. The first-order chi connectivity index (χ1) is 9.20. The van der Waals surface area contributed by atoms with Crippen LogP contribution in [0.25, 0.3) is 0 Å². The van der Waals surface area contributed by atoms with Gasteiger partial charge in [-0.25, -0.2) is 4.98 Å². The minimum Gasteiger partial charge on any atom is -0.486 e. The first-order valence-corrected chi connectivity index (χ1v) is 7.41. The SMILES string of the molecule is CCNCc1csc(COc2c(C)cccc2C)n1. The van der Waals surface area contributed by atoms with Crippen molar-refractivity contribution >= 4 is 11.3 Å². The van der Waals surface area contributed by atoms with Gasteiger partial charge in [-0.2, -0.15) is 0 Å². The molecule has 0 saturated carbocycles. The number of benzene rings is 1. The summed E-state index contributed by atoms with van der Waals surface area (Å²) in [6.45, 7) is 8.57. The van der Waals surface area contributed by atoms with Crippen molar-refractivity contribution in [3.05, 3.63) is 45.4 Å². The highest BCUT2D eigenvalue weighted by Gasteiger charge is 2.06. The average molecular weight is 276 g/mol. The van der Waals surface area contributed by atoms with Crippen LogP contribution in [0.2, 0.25) is 0 Å². The van der Waals surface area contributed by atoms with Crippen LogP contribution < -0.4 is 10.1 Å². The van der Waals surface area contributed by atoms with E-state index in [0.29, 0.717) is 6.61 Å². The summed E-state index contributed by atoms with van der Waals surface area (Å²) in [5, 5.41) is 6.39. The molecule has 0 saturated heterocycles. The fourth-order valence-electron chi connectivity index (χ4n) is 1.91. The van der Waals surface area contributed by atoms with Crippen LogP contribution in [-0.4, -0.2) is 11.5 Å². The molecule has 0 aliphatic heterocycles. The fourth-order valence-corrected chi connectivity index (χ4v) is 2.62. The van der Waals surface area contributed by atoms with E-state index in [2.05, 4.69) is 54.7 Å². The molecule has 1 heterocycles. The number of hydrogen-bond acceptors (Lipinski definition) is 4. The second kappa shape index (κ2) is 6.68. The van der Waals surface area contributed by atoms with Gasteiger partial charge in [0.15, 0.2) is 0 Å². The molecular weight excluding hydrogens is 256 g/mol. The molecule has 0 aliphatic carbocycles. The molecule has 0 bridgehead atoms. The summed E-state index contributed by atoms with van der Waals surface area (Å²) in [7, 11) is 0. The van der Waals surface area contributed by atoms with Gasteiger partial charge in [0, 0.05) is 11.9 Å². The molecule has 19 heavy (non-hydrogen) atoms. The van der Waals surface area contributed by atoms with Gasteiger partial charge in [-0.15, -0.1) is 11.3 Å². The largest absolute Gasteiger partial charge is 0.486 e. The number of para-hydroxylation sites is 1. The molecule has 4 heteroatoms. The highest BCUT2D eigenvalue weighted by Crippen LogP contribution is 2.24. The van der Waals surface area contributed by atoms with Crippen molar-refractivity contribution in [1.82, 2.24) is 10.3 Å². The maximum absolute atomic E-state index is 5.90. The summed E-state index contributed by atoms with van der Waals surface area (Å²) in [5.41, 5.74) is 3.43. The molecule has 2 rings (SSSR count). The molecule has 0 atom stereocenters. The van der Waals surface area contributed by atoms with E-state index < -0.39 is 0 Å². The van der Waals surface area contributed by atoms with E-state index in [1.165, 1.54) is 11.1 Å². The Balaban J connectivity index is 1.97. The molecule has 1 aromatic heterocycles. The molecule has 1 N–H and O–H groups in total. The lowest BCUT2D eigenvalue weighted by Gasteiger charge is -2.10. The van der Waals surface area contributed by atoms with Crippen molar-refractivity contribution in [3.63, 3.8) is 0 Å². The van der Waals surface area contributed by atoms with Gasteiger partial charge >= 0.3 is 0 Å². The van der Waals surface area contributed by atoms with E-state index in [0.717, 1.165) is 29.5 Å². The number of thiazole rings is 1. The number of ether oxygens (including phenoxy) is 1. The first-order valence-electron chi connectivity index (χ1n) is 6.53. The third-order valence-corrected chi connectivity index (χ3v) is 3.78. The first kappa shape index (κ1) is 14.0. The minimum absolute atomic E-state index is 0.544. The summed E-state index contributed by atoms with van der Waals surface area (Å²) in [6.07, 6.45) is 0. The highest BCUT2D eigenvalue weighted by atomic mass is 32.1. The van der Waals surface area contributed by atoms with Crippen LogP contribution >= 0.6 is 11.3 Å². The molecular formula is C15H20N2OS. The fraction of sp³-hybridized carbons (Fsp3) is 0.400. The molecule has 0 amide bonds. The van der Waals surface area contributed by atoms with Gasteiger partial charge in [-0.05, 0) is 31.5 Å². The lowest BCUT2D eigenvalue weighted by molar-refractivity contribution is 0.301. The van der Waals surface area contributed by atoms with Crippen molar-refractivity contribution < 1.29 is 4.74 Å². The van der Waals surface area contributed by atoms with Gasteiger partial charge in [0.1, 0.15) is 17.4 Å². The number of hydrogen-bond donors (Lipinski definition) is 1. The Hall–Kier alpha value is -1.39. The summed E-state index contributed by atoms with van der Waals surface area (Å²) >= 11 is 1.65. The maximum Gasteiger partial charge on any atom is 0.140 e. The van der Waals surface area contributed by atoms with Gasteiger partial charge in [-0.1, -0.05) is 25.1 Å². The lowest BCUT2D eigenvalue weighted by atomic mass is 10.1. The zero-order valence-corrected chi connectivity index (χ0v) is 12.5. The maximum atomic E-state index is 5.90. The Labute approximate surface area is 118 Å². The van der Waals surface area contributed by atoms with Crippen molar-refractivity contribution in [2.45, 2.75) is 33.9 Å². The standard InChI is InChI=1S/C15H20N2OS/c1-4-16-8-13-10-19-14(17-13)9-18-15-11(2)6-5-7-12(15)3/h5-7,10,16H,4,8-9H2,1-3H3. The van der Waals surface area contributed by atoms with Crippen LogP contribution in [0.1, 0.15) is 28.8 Å². The van der Waals surface area contributed by atoms with Gasteiger partial charge in [0.25, 0.3) is 0 Å². The van der Waals surface area contributed by atoms with Gasteiger partial charge in [-0.3, -0.25) is 0 Å². The van der Waals surface area contributed by atoms with E-state index in [4.69, 9.17) is 4.74 Å². The third kappa shape index (κ3) is 3.78. The average Bonchev–Trinajstić information content (AvgIpc) is 2.84. The van der Waals surface area contributed by atoms with Crippen molar-refractivity contribution in [2.24, 2.45) is 0 Å². The Kier molecular flexibility index (Phi) is 4.93. The smallest absolute Gasteiger partial charge is 0.140 e. The predicted molar refractivity (Wildman–Crippen MR) is 79.7 cm³/mol. The third-order valence-electron chi connectivity index (χ3n) is 2.90. The van der Waals surface area contributed by atoms with Crippen LogP contribution in [0, 0.1) is 13.8 Å². The Morgan fingerprint density at radius 2 is 2.00 bits per heavy atom. The quantitative estimate of drug-likeness (QED) is 0.877. The van der Waals surface area contributed by atoms with Gasteiger partial charge < -0.3 is 10.1 Å². The van der Waals surface area contributed by atoms with Crippen LogP contribution in [0.5, 0.6) is 5.75 Å². The number of rotatable bonds is 6. The molecule has 0 fully saturated rings. The summed E-state index contributed by atoms with van der Waals surface area (Å²) < 4.78 is 5.90. The van der Waals surface area contributed by atoms with E-state index in [1.807, 2.05) is 0 Å². The Morgan fingerprint density at radius 3 is 2.68 bits per heavy atom. The number of aryl methyl sites for hydroxylation is 2. The Bertz CT molecular complexity index is 516. The van der Waals surface area contributed by atoms with E-state index >= 15 is 0 Å². The minimum atomic E-state index is 0.544. The monoisotopic (exact) mass is 276 g/mol. The normalized spacial score (nSPS) is 10.7. The van der Waals surface area contributed by atoms with E-state index in [9.17, 15) is 0 Å². The molecule has 102 valence electrons. The number of nitrogens with zero attached hydrogens (tertiary/aromatic N) is 1. The summed E-state index contributed by atoms with van der Waals surface area (Å²) in [4.78, 5) is 4.55. The summed E-state index contributed by atoms with van der Waals surface area (Å²) in [6, 6.07) is 6.19. The van der Waals surface area contributed by atoms with Crippen LogP contribution in [0.15, 0.2) is 23.6 Å². The molecule has 0 spiro atoms. The summed E-state index contributed by atoms with van der Waals surface area (Å²) in [5.74, 6) is 0.978. The zero-order chi connectivity index (χ0) is 13.7. The molecule has 0 unspecified atom stereocenters. The van der Waals surface area contributed by atoms with Crippen LogP contribution in [0.3, 0.4) is 0 Å². The molecule has 3 nitrogen and oxygen atoms in total.